The van der Waals surface area contributed by atoms with Gasteiger partial charge in [-0.05, 0) is 18.6 Å². The number of carbonyl (C=O) groups excluding carboxylic acids is 2. The average Bonchev–Trinajstić information content (AvgIpc) is 2.38. The lowest BCUT2D eigenvalue weighted by molar-refractivity contribution is -0.149. The molecule has 1 aliphatic rings. The van der Waals surface area contributed by atoms with Crippen LogP contribution >= 0.6 is 0 Å². The van der Waals surface area contributed by atoms with Gasteiger partial charge in [0.1, 0.15) is 12.4 Å². The van der Waals surface area contributed by atoms with Gasteiger partial charge in [-0.1, -0.05) is 6.07 Å². The lowest BCUT2D eigenvalue weighted by Gasteiger charge is -2.31. The molecule has 19 heavy (non-hydrogen) atoms. The van der Waals surface area contributed by atoms with Crippen molar-refractivity contribution in [3.8, 4) is 0 Å². The van der Waals surface area contributed by atoms with Gasteiger partial charge in [0.05, 0.1) is 6.54 Å². The minimum Gasteiger partial charge on any atom is -0.370 e. The Morgan fingerprint density at radius 1 is 1.26 bits per heavy atom. The second-order valence-corrected chi connectivity index (χ2v) is 4.58. The molecule has 2 amide bonds. The fraction of sp³-hybridized carbons (Fsp3) is 0.462. The summed E-state index contributed by atoms with van der Waals surface area (Å²) in [6.45, 7) is 3.55. The first-order valence-corrected chi connectivity index (χ1v) is 6.30. The van der Waals surface area contributed by atoms with E-state index in [0.717, 1.165) is 17.9 Å². The third-order valence-electron chi connectivity index (χ3n) is 3.03. The fourth-order valence-electron chi connectivity index (χ4n) is 1.93. The summed E-state index contributed by atoms with van der Waals surface area (Å²) >= 11 is 0. The van der Waals surface area contributed by atoms with E-state index in [2.05, 4.69) is 10.3 Å². The normalized spacial score (nSPS) is 15.9. The van der Waals surface area contributed by atoms with Crippen molar-refractivity contribution in [2.75, 3.05) is 32.0 Å². The Morgan fingerprint density at radius 2 is 2.05 bits per heavy atom. The van der Waals surface area contributed by atoms with E-state index >= 15 is 0 Å². The molecule has 102 valence electrons. The van der Waals surface area contributed by atoms with Crippen LogP contribution in [0.1, 0.15) is 12.5 Å². The van der Waals surface area contributed by atoms with Gasteiger partial charge in [0, 0.05) is 26.3 Å². The maximum atomic E-state index is 11.8. The minimum absolute atomic E-state index is 0.0298. The maximum Gasteiger partial charge on any atom is 0.242 e. The highest BCUT2D eigenvalue weighted by atomic mass is 16.2. The van der Waals surface area contributed by atoms with E-state index in [-0.39, 0.29) is 24.9 Å². The molecule has 1 N–H and O–H groups in total. The zero-order chi connectivity index (χ0) is 13.8. The second kappa shape index (κ2) is 5.69. The Bertz CT molecular complexity index is 472. The zero-order valence-electron chi connectivity index (χ0n) is 11.2. The molecule has 0 bridgehead atoms. The summed E-state index contributed by atoms with van der Waals surface area (Å²) in [5, 5.41) is 3.11. The summed E-state index contributed by atoms with van der Waals surface area (Å²) in [5.74, 6) is 0.752. The Balaban J connectivity index is 2.00. The molecule has 1 aromatic rings. The molecule has 0 spiro atoms. The summed E-state index contributed by atoms with van der Waals surface area (Å²) in [7, 11) is 1.64. The Kier molecular flexibility index (Phi) is 3.99. The van der Waals surface area contributed by atoms with Gasteiger partial charge < -0.3 is 15.1 Å². The number of likely N-dealkylation sites (N-methyl/N-ethyl adjacent to an activating group) is 1. The van der Waals surface area contributed by atoms with E-state index in [1.807, 2.05) is 19.1 Å². The van der Waals surface area contributed by atoms with E-state index in [0.29, 0.717) is 6.54 Å². The molecular formula is C13H18N4O2. The molecular weight excluding hydrogens is 244 g/mol. The van der Waals surface area contributed by atoms with Crippen LogP contribution < -0.4 is 5.32 Å². The lowest BCUT2D eigenvalue weighted by atomic mass is 10.2. The van der Waals surface area contributed by atoms with Crippen LogP contribution in [-0.4, -0.2) is 53.3 Å². The standard InChI is InChI=1S/C13H18N4O2/c1-3-14-11-5-4-10(6-15-11)7-17-9-12(18)16(2)8-13(17)19/h4-6H,3,7-9H2,1-2H3,(H,14,15). The molecule has 6 nitrogen and oxygen atoms in total. The minimum atomic E-state index is -0.0307. The van der Waals surface area contributed by atoms with Gasteiger partial charge in [-0.2, -0.15) is 0 Å². The van der Waals surface area contributed by atoms with Gasteiger partial charge in [-0.25, -0.2) is 4.98 Å². The highest BCUT2D eigenvalue weighted by Crippen LogP contribution is 2.11. The molecule has 0 unspecified atom stereocenters. The van der Waals surface area contributed by atoms with Gasteiger partial charge in [0.2, 0.25) is 11.8 Å². The van der Waals surface area contributed by atoms with Crippen LogP contribution in [0.3, 0.4) is 0 Å². The first kappa shape index (κ1) is 13.3. The maximum absolute atomic E-state index is 11.8. The van der Waals surface area contributed by atoms with Gasteiger partial charge in [0.25, 0.3) is 0 Å². The number of aromatic nitrogens is 1. The largest absolute Gasteiger partial charge is 0.370 e. The van der Waals surface area contributed by atoms with Crippen molar-refractivity contribution >= 4 is 17.6 Å². The third-order valence-corrected chi connectivity index (χ3v) is 3.03. The smallest absolute Gasteiger partial charge is 0.242 e. The number of hydrogen-bond donors (Lipinski definition) is 1. The zero-order valence-corrected chi connectivity index (χ0v) is 11.2. The second-order valence-electron chi connectivity index (χ2n) is 4.58. The van der Waals surface area contributed by atoms with Gasteiger partial charge >= 0.3 is 0 Å². The van der Waals surface area contributed by atoms with Crippen molar-refractivity contribution in [3.05, 3.63) is 23.9 Å². The number of rotatable bonds is 4. The fourth-order valence-corrected chi connectivity index (χ4v) is 1.93. The van der Waals surface area contributed by atoms with E-state index in [4.69, 9.17) is 0 Å². The summed E-state index contributed by atoms with van der Waals surface area (Å²) in [4.78, 5) is 30.7. The molecule has 6 heteroatoms. The number of nitrogens with zero attached hydrogens (tertiary/aromatic N) is 3. The van der Waals surface area contributed by atoms with E-state index in [1.165, 1.54) is 4.90 Å². The van der Waals surface area contributed by atoms with Gasteiger partial charge in [-0.3, -0.25) is 9.59 Å². The van der Waals surface area contributed by atoms with E-state index < -0.39 is 0 Å². The number of nitrogens with one attached hydrogen (secondary N) is 1. The van der Waals surface area contributed by atoms with Crippen LogP contribution in [0.2, 0.25) is 0 Å². The highest BCUT2D eigenvalue weighted by Gasteiger charge is 2.27. The topological polar surface area (TPSA) is 65.5 Å². The number of carbonyl (C=O) groups is 2. The SMILES string of the molecule is CCNc1ccc(CN2CC(=O)N(C)CC2=O)cn1. The summed E-state index contributed by atoms with van der Waals surface area (Å²) < 4.78 is 0. The van der Waals surface area contributed by atoms with Crippen LogP contribution in [-0.2, 0) is 16.1 Å². The number of piperazine rings is 1. The van der Waals surface area contributed by atoms with Crippen molar-refractivity contribution in [3.63, 3.8) is 0 Å². The molecule has 1 fully saturated rings. The first-order valence-electron chi connectivity index (χ1n) is 6.30. The van der Waals surface area contributed by atoms with Crippen molar-refractivity contribution in [2.24, 2.45) is 0 Å². The predicted octanol–water partition coefficient (Wildman–Crippen LogP) is 0.314. The predicted molar refractivity (Wildman–Crippen MR) is 71.5 cm³/mol. The Hall–Kier alpha value is -2.11. The third kappa shape index (κ3) is 3.21. The van der Waals surface area contributed by atoms with Crippen molar-refractivity contribution in [2.45, 2.75) is 13.5 Å². The molecule has 1 aromatic heterocycles. The summed E-state index contributed by atoms with van der Waals surface area (Å²) in [5.41, 5.74) is 0.923. The van der Waals surface area contributed by atoms with Crippen molar-refractivity contribution in [1.29, 1.82) is 0 Å². The first-order chi connectivity index (χ1) is 9.10. The number of amides is 2. The monoisotopic (exact) mass is 262 g/mol. The molecule has 0 saturated carbocycles. The number of pyridine rings is 1. The molecule has 1 saturated heterocycles. The van der Waals surface area contributed by atoms with Crippen LogP contribution in [0.4, 0.5) is 5.82 Å². The molecule has 0 atom stereocenters. The number of anilines is 1. The van der Waals surface area contributed by atoms with Crippen LogP contribution in [0.5, 0.6) is 0 Å². The van der Waals surface area contributed by atoms with E-state index in [1.54, 1.807) is 18.1 Å². The van der Waals surface area contributed by atoms with Crippen molar-refractivity contribution in [1.82, 2.24) is 14.8 Å². The van der Waals surface area contributed by atoms with E-state index in [9.17, 15) is 9.59 Å². The Morgan fingerprint density at radius 3 is 2.68 bits per heavy atom. The van der Waals surface area contributed by atoms with Gasteiger partial charge in [-0.15, -0.1) is 0 Å². The average molecular weight is 262 g/mol. The van der Waals surface area contributed by atoms with Crippen LogP contribution in [0, 0.1) is 0 Å². The lowest BCUT2D eigenvalue weighted by Crippen LogP contribution is -2.51. The highest BCUT2D eigenvalue weighted by molar-refractivity contribution is 5.92. The van der Waals surface area contributed by atoms with Crippen LogP contribution in [0.25, 0.3) is 0 Å². The number of hydrogen-bond acceptors (Lipinski definition) is 4. The molecule has 0 radical (unpaired) electrons. The molecule has 1 aliphatic heterocycles. The molecule has 2 heterocycles. The van der Waals surface area contributed by atoms with Crippen molar-refractivity contribution < 1.29 is 9.59 Å². The Labute approximate surface area is 112 Å². The molecule has 0 aliphatic carbocycles. The molecule has 2 rings (SSSR count). The molecule has 0 aromatic carbocycles. The summed E-state index contributed by atoms with van der Waals surface area (Å²) in [6, 6.07) is 3.79. The quantitative estimate of drug-likeness (QED) is 0.848. The summed E-state index contributed by atoms with van der Waals surface area (Å²) in [6.07, 6.45) is 1.73. The van der Waals surface area contributed by atoms with Gasteiger partial charge in [0.15, 0.2) is 0 Å². The van der Waals surface area contributed by atoms with Crippen LogP contribution in [0.15, 0.2) is 18.3 Å².